The number of rotatable bonds is 6. The van der Waals surface area contributed by atoms with Crippen molar-refractivity contribution in [2.45, 2.75) is 37.9 Å². The minimum absolute atomic E-state index is 0.312. The van der Waals surface area contributed by atoms with Gasteiger partial charge in [-0.05, 0) is 37.0 Å². The Kier molecular flexibility index (Phi) is 3.69. The van der Waals surface area contributed by atoms with E-state index in [2.05, 4.69) is 0 Å². The number of ether oxygens (including phenoxy) is 2. The third-order valence-electron chi connectivity index (χ3n) is 3.19. The molecule has 0 bridgehead atoms. The standard InChI is InChI=1S/C14H20O3/c1-3-14(15,10-16-2)11-4-6-12(7-5-11)17-13-8-9-13/h4-7,13,15H,3,8-10H2,1-2H3. The normalized spacial score (nSPS) is 18.8. The second kappa shape index (κ2) is 5.07. The van der Waals surface area contributed by atoms with Crippen LogP contribution in [0.15, 0.2) is 24.3 Å². The van der Waals surface area contributed by atoms with Gasteiger partial charge in [0.15, 0.2) is 0 Å². The molecule has 0 aliphatic heterocycles. The first-order valence-corrected chi connectivity index (χ1v) is 6.16. The molecule has 0 spiro atoms. The molecule has 1 saturated carbocycles. The van der Waals surface area contributed by atoms with Crippen LogP contribution in [0.1, 0.15) is 31.7 Å². The summed E-state index contributed by atoms with van der Waals surface area (Å²) in [6.45, 7) is 2.26. The number of benzene rings is 1. The van der Waals surface area contributed by atoms with Crippen molar-refractivity contribution >= 4 is 0 Å². The van der Waals surface area contributed by atoms with Crippen molar-refractivity contribution in [1.29, 1.82) is 0 Å². The van der Waals surface area contributed by atoms with E-state index in [-0.39, 0.29) is 0 Å². The molecule has 0 aromatic heterocycles. The number of hydrogen-bond donors (Lipinski definition) is 1. The fourth-order valence-electron chi connectivity index (χ4n) is 1.85. The Balaban J connectivity index is 2.09. The Morgan fingerprint density at radius 3 is 2.41 bits per heavy atom. The average Bonchev–Trinajstić information content (AvgIpc) is 3.14. The van der Waals surface area contributed by atoms with Gasteiger partial charge in [-0.25, -0.2) is 0 Å². The molecule has 1 N–H and O–H groups in total. The Morgan fingerprint density at radius 2 is 1.94 bits per heavy atom. The van der Waals surface area contributed by atoms with Crippen molar-refractivity contribution in [1.82, 2.24) is 0 Å². The second-order valence-electron chi connectivity index (χ2n) is 4.66. The van der Waals surface area contributed by atoms with Gasteiger partial charge in [0.1, 0.15) is 11.4 Å². The lowest BCUT2D eigenvalue weighted by atomic mass is 9.92. The molecule has 1 aromatic rings. The van der Waals surface area contributed by atoms with Gasteiger partial charge in [-0.1, -0.05) is 19.1 Å². The molecule has 0 heterocycles. The highest BCUT2D eigenvalue weighted by atomic mass is 16.5. The van der Waals surface area contributed by atoms with Crippen molar-refractivity contribution in [3.05, 3.63) is 29.8 Å². The maximum Gasteiger partial charge on any atom is 0.119 e. The molecule has 0 amide bonds. The lowest BCUT2D eigenvalue weighted by Gasteiger charge is -2.26. The van der Waals surface area contributed by atoms with Crippen LogP contribution in [0.4, 0.5) is 0 Å². The fourth-order valence-corrected chi connectivity index (χ4v) is 1.85. The zero-order valence-corrected chi connectivity index (χ0v) is 10.5. The van der Waals surface area contributed by atoms with Crippen LogP contribution in [-0.2, 0) is 10.3 Å². The van der Waals surface area contributed by atoms with Crippen LogP contribution in [0.5, 0.6) is 5.75 Å². The van der Waals surface area contributed by atoms with Crippen LogP contribution in [0.25, 0.3) is 0 Å². The van der Waals surface area contributed by atoms with Crippen molar-refractivity contribution in [2.75, 3.05) is 13.7 Å². The van der Waals surface area contributed by atoms with Crippen LogP contribution >= 0.6 is 0 Å². The van der Waals surface area contributed by atoms with Gasteiger partial charge in [-0.2, -0.15) is 0 Å². The van der Waals surface area contributed by atoms with E-state index < -0.39 is 5.60 Å². The van der Waals surface area contributed by atoms with E-state index in [4.69, 9.17) is 9.47 Å². The van der Waals surface area contributed by atoms with Gasteiger partial charge in [0.2, 0.25) is 0 Å². The molecular formula is C14H20O3. The van der Waals surface area contributed by atoms with E-state index in [0.717, 1.165) is 24.2 Å². The van der Waals surface area contributed by atoms with Crippen LogP contribution in [0, 0.1) is 0 Å². The van der Waals surface area contributed by atoms with Crippen LogP contribution in [0.2, 0.25) is 0 Å². The Labute approximate surface area is 102 Å². The predicted octanol–water partition coefficient (Wildman–Crippen LogP) is 2.47. The Bertz CT molecular complexity index is 356. The van der Waals surface area contributed by atoms with Gasteiger partial charge < -0.3 is 14.6 Å². The summed E-state index contributed by atoms with van der Waals surface area (Å²) in [6.07, 6.45) is 3.35. The highest BCUT2D eigenvalue weighted by Gasteiger charge is 2.27. The third kappa shape index (κ3) is 2.99. The minimum Gasteiger partial charge on any atom is -0.490 e. The molecule has 2 rings (SSSR count). The van der Waals surface area contributed by atoms with Crippen molar-refractivity contribution in [2.24, 2.45) is 0 Å². The molecule has 1 aromatic carbocycles. The second-order valence-corrected chi connectivity index (χ2v) is 4.66. The number of hydrogen-bond acceptors (Lipinski definition) is 3. The van der Waals surface area contributed by atoms with Crippen LogP contribution in [-0.4, -0.2) is 24.9 Å². The SMILES string of the molecule is CCC(O)(COC)c1ccc(OC2CC2)cc1. The summed E-state index contributed by atoms with van der Waals surface area (Å²) < 4.78 is 10.7. The lowest BCUT2D eigenvalue weighted by Crippen LogP contribution is -2.30. The summed E-state index contributed by atoms with van der Waals surface area (Å²) in [5.74, 6) is 0.882. The first kappa shape index (κ1) is 12.4. The summed E-state index contributed by atoms with van der Waals surface area (Å²) in [5.41, 5.74) is -0.0163. The molecule has 94 valence electrons. The maximum atomic E-state index is 10.4. The summed E-state index contributed by atoms with van der Waals surface area (Å²) in [4.78, 5) is 0. The van der Waals surface area contributed by atoms with E-state index in [0.29, 0.717) is 19.1 Å². The topological polar surface area (TPSA) is 38.7 Å². The smallest absolute Gasteiger partial charge is 0.119 e. The van der Waals surface area contributed by atoms with E-state index in [1.54, 1.807) is 7.11 Å². The van der Waals surface area contributed by atoms with Gasteiger partial charge in [-0.3, -0.25) is 0 Å². The Hall–Kier alpha value is -1.06. The predicted molar refractivity (Wildman–Crippen MR) is 66.2 cm³/mol. The summed E-state index contributed by atoms with van der Waals surface area (Å²) in [5, 5.41) is 10.4. The fraction of sp³-hybridized carbons (Fsp3) is 0.571. The first-order chi connectivity index (χ1) is 8.18. The third-order valence-corrected chi connectivity index (χ3v) is 3.19. The monoisotopic (exact) mass is 236 g/mol. The quantitative estimate of drug-likeness (QED) is 0.824. The van der Waals surface area contributed by atoms with E-state index >= 15 is 0 Å². The molecule has 0 saturated heterocycles. The zero-order chi connectivity index (χ0) is 12.3. The maximum absolute atomic E-state index is 10.4. The summed E-state index contributed by atoms with van der Waals surface area (Å²) in [7, 11) is 1.60. The number of aliphatic hydroxyl groups is 1. The Morgan fingerprint density at radius 1 is 1.29 bits per heavy atom. The van der Waals surface area contributed by atoms with Gasteiger partial charge in [-0.15, -0.1) is 0 Å². The molecule has 17 heavy (non-hydrogen) atoms. The lowest BCUT2D eigenvalue weighted by molar-refractivity contribution is -0.0386. The summed E-state index contributed by atoms with van der Waals surface area (Å²) >= 11 is 0. The molecule has 1 atom stereocenters. The summed E-state index contributed by atoms with van der Waals surface area (Å²) in [6, 6.07) is 7.67. The van der Waals surface area contributed by atoms with E-state index in [1.165, 1.54) is 0 Å². The van der Waals surface area contributed by atoms with Gasteiger partial charge in [0, 0.05) is 7.11 Å². The molecule has 1 aliphatic carbocycles. The first-order valence-electron chi connectivity index (χ1n) is 6.16. The minimum atomic E-state index is -0.896. The van der Waals surface area contributed by atoms with Gasteiger partial charge >= 0.3 is 0 Å². The van der Waals surface area contributed by atoms with Crippen molar-refractivity contribution in [3.8, 4) is 5.75 Å². The largest absolute Gasteiger partial charge is 0.490 e. The van der Waals surface area contributed by atoms with Crippen LogP contribution in [0.3, 0.4) is 0 Å². The highest BCUT2D eigenvalue weighted by Crippen LogP contribution is 2.30. The number of methoxy groups -OCH3 is 1. The molecule has 3 nitrogen and oxygen atoms in total. The highest BCUT2D eigenvalue weighted by molar-refractivity contribution is 5.31. The van der Waals surface area contributed by atoms with Crippen molar-refractivity contribution < 1.29 is 14.6 Å². The molecule has 1 aliphatic rings. The molecule has 1 unspecified atom stereocenters. The van der Waals surface area contributed by atoms with E-state index in [1.807, 2.05) is 31.2 Å². The van der Waals surface area contributed by atoms with Gasteiger partial charge in [0.05, 0.1) is 12.7 Å². The van der Waals surface area contributed by atoms with Crippen LogP contribution < -0.4 is 4.74 Å². The van der Waals surface area contributed by atoms with E-state index in [9.17, 15) is 5.11 Å². The average molecular weight is 236 g/mol. The van der Waals surface area contributed by atoms with Crippen molar-refractivity contribution in [3.63, 3.8) is 0 Å². The zero-order valence-electron chi connectivity index (χ0n) is 10.5. The molecule has 1 fully saturated rings. The van der Waals surface area contributed by atoms with Gasteiger partial charge in [0.25, 0.3) is 0 Å². The molecule has 3 heteroatoms. The molecular weight excluding hydrogens is 216 g/mol. The molecule has 0 radical (unpaired) electrons.